The van der Waals surface area contributed by atoms with E-state index in [1.165, 1.54) is 38.7 Å². The van der Waals surface area contributed by atoms with Gasteiger partial charge >= 0.3 is 180 Å². The van der Waals surface area contributed by atoms with Crippen molar-refractivity contribution < 1.29 is 45.5 Å². The number of hydrogen-bond donors (Lipinski definition) is 0. The van der Waals surface area contributed by atoms with Gasteiger partial charge in [-0.2, -0.15) is 0 Å². The van der Waals surface area contributed by atoms with E-state index in [-0.39, 0.29) is 24.8 Å². The number of rotatable bonds is 6. The summed E-state index contributed by atoms with van der Waals surface area (Å²) in [6, 6.07) is 24.0. The molecule has 0 aromatic heterocycles. The Kier molecular flexibility index (Phi) is 9.21. The summed E-state index contributed by atoms with van der Waals surface area (Å²) >= 11 is 2.18. The molecule has 0 bridgehead atoms. The van der Waals surface area contributed by atoms with Crippen LogP contribution in [0, 0.1) is 0 Å². The minimum atomic E-state index is 0. The third-order valence-electron chi connectivity index (χ3n) is 5.21. The van der Waals surface area contributed by atoms with Crippen molar-refractivity contribution >= 4 is 22.0 Å². The third kappa shape index (κ3) is 5.57. The molecule has 1 aliphatic carbocycles. The molecule has 0 heterocycles. The van der Waals surface area contributed by atoms with E-state index in [1.54, 1.807) is 0 Å². The summed E-state index contributed by atoms with van der Waals surface area (Å²) in [5.74, 6) is 0. The van der Waals surface area contributed by atoms with Crippen LogP contribution in [0.25, 0.3) is 16.3 Å². The summed E-state index contributed by atoms with van der Waals surface area (Å²) in [5, 5.41) is 2.66. The first-order valence-corrected chi connectivity index (χ1v) is 10.4. The number of fused-ring (bicyclic) bond motifs is 1. The maximum atomic E-state index is 2.39. The Morgan fingerprint density at radius 1 is 0.833 bits per heavy atom. The molecular formula is C25H25Cl2N2Ti. The van der Waals surface area contributed by atoms with Gasteiger partial charge in [0, 0.05) is 0 Å². The van der Waals surface area contributed by atoms with Gasteiger partial charge in [-0.05, 0) is 0 Å². The zero-order valence-corrected chi connectivity index (χ0v) is 20.4. The van der Waals surface area contributed by atoms with Crippen LogP contribution >= 0.6 is 0 Å². The maximum absolute atomic E-state index is 2.39. The van der Waals surface area contributed by atoms with Gasteiger partial charge < -0.3 is 24.8 Å². The number of likely N-dealkylation sites (N-methyl/N-ethyl adjacent to an activating group) is 1. The van der Waals surface area contributed by atoms with Gasteiger partial charge in [-0.15, -0.1) is 0 Å². The molecule has 0 saturated heterocycles. The van der Waals surface area contributed by atoms with Gasteiger partial charge in [0.1, 0.15) is 0 Å². The van der Waals surface area contributed by atoms with E-state index in [0.717, 1.165) is 19.5 Å². The quantitative estimate of drug-likeness (QED) is 0.451. The summed E-state index contributed by atoms with van der Waals surface area (Å²) in [4.78, 5) is 2.23. The van der Waals surface area contributed by atoms with Gasteiger partial charge in [0.25, 0.3) is 0 Å². The second-order valence-electron chi connectivity index (χ2n) is 7.63. The van der Waals surface area contributed by atoms with Crippen molar-refractivity contribution in [2.45, 2.75) is 13.0 Å². The fraction of sp³-hybridized carbons (Fsp3) is 0.200. The number of nitrogens with zero attached hydrogens (tertiary/aromatic N) is 2. The normalized spacial score (nSPS) is 12.8. The Morgan fingerprint density at radius 2 is 1.53 bits per heavy atom. The molecule has 0 spiro atoms. The van der Waals surface area contributed by atoms with Crippen LogP contribution in [0.2, 0.25) is 0 Å². The molecule has 0 atom stereocenters. The molecule has 0 aliphatic heterocycles. The molecule has 153 valence electrons. The molecule has 3 aromatic rings. The van der Waals surface area contributed by atoms with Gasteiger partial charge in [-0.1, -0.05) is 0 Å². The Balaban J connectivity index is 0.00000160. The number of halogens is 2. The molecule has 0 N–H and O–H groups in total. The molecule has 4 rings (SSSR count). The summed E-state index contributed by atoms with van der Waals surface area (Å²) < 4.78 is 2.34. The first kappa shape index (κ1) is 24.7. The Bertz CT molecular complexity index is 1050. The molecule has 0 amide bonds. The van der Waals surface area contributed by atoms with E-state index in [9.17, 15) is 0 Å². The van der Waals surface area contributed by atoms with E-state index < -0.39 is 0 Å². The third-order valence-corrected chi connectivity index (χ3v) is 5.86. The Hall–Kier alpha value is -1.55. The average Bonchev–Trinajstić information content (AvgIpc) is 3.16. The van der Waals surface area contributed by atoms with Crippen molar-refractivity contribution in [3.05, 3.63) is 95.6 Å². The van der Waals surface area contributed by atoms with Crippen molar-refractivity contribution in [3.63, 3.8) is 0 Å². The van der Waals surface area contributed by atoms with Crippen LogP contribution in [0.5, 0.6) is 0 Å². The molecule has 0 radical (unpaired) electrons. The number of anilines is 1. The van der Waals surface area contributed by atoms with Crippen molar-refractivity contribution in [2.75, 3.05) is 24.0 Å². The van der Waals surface area contributed by atoms with Crippen molar-refractivity contribution in [2.24, 2.45) is 0 Å². The van der Waals surface area contributed by atoms with Crippen molar-refractivity contribution in [3.8, 4) is 0 Å². The molecule has 2 nitrogen and oxygen atoms in total. The molecule has 0 saturated carbocycles. The fourth-order valence-corrected chi connectivity index (χ4v) is 4.39. The molecule has 0 fully saturated rings. The fourth-order valence-electron chi connectivity index (χ4n) is 3.91. The van der Waals surface area contributed by atoms with Crippen LogP contribution < -0.4 is 28.2 Å². The van der Waals surface area contributed by atoms with Gasteiger partial charge in [0.05, 0.1) is 0 Å². The van der Waals surface area contributed by atoms with Gasteiger partial charge in [0.2, 0.25) is 0 Å². The first-order chi connectivity index (χ1) is 13.6. The summed E-state index contributed by atoms with van der Waals surface area (Å²) in [6.45, 7) is 1.89. The second-order valence-corrected chi connectivity index (χ2v) is 8.47. The van der Waals surface area contributed by atoms with Crippen molar-refractivity contribution in [1.29, 1.82) is 0 Å². The van der Waals surface area contributed by atoms with Crippen LogP contribution in [-0.4, -0.2) is 25.5 Å². The molecule has 0 unspecified atom stereocenters. The SMILES string of the molecule is CN(C)CC1=CCC(c2ccc3ccccc3c2C[N]([Ti+2])c2ccccc2)=C1.[Cl-].[Cl-]. The van der Waals surface area contributed by atoms with Gasteiger partial charge in [0.15, 0.2) is 0 Å². The van der Waals surface area contributed by atoms with Crippen LogP contribution in [0.15, 0.2) is 84.5 Å². The number of benzene rings is 3. The largest absolute Gasteiger partial charge is 1.00 e. The average molecular weight is 472 g/mol. The van der Waals surface area contributed by atoms with E-state index in [0.29, 0.717) is 0 Å². The van der Waals surface area contributed by atoms with Gasteiger partial charge in [-0.3, -0.25) is 0 Å². The zero-order chi connectivity index (χ0) is 19.5. The predicted molar refractivity (Wildman–Crippen MR) is 116 cm³/mol. The first-order valence-electron chi connectivity index (χ1n) is 9.71. The number of hydrogen-bond acceptors (Lipinski definition) is 2. The smallest absolute Gasteiger partial charge is 1.00 e. The second kappa shape index (κ2) is 11.2. The van der Waals surface area contributed by atoms with E-state index in [1.807, 2.05) is 0 Å². The monoisotopic (exact) mass is 471 g/mol. The summed E-state index contributed by atoms with van der Waals surface area (Å²) in [5.41, 5.74) is 6.88. The van der Waals surface area contributed by atoms with Crippen LogP contribution in [-0.2, 0) is 27.2 Å². The maximum Gasteiger partial charge on any atom is -1.00 e. The van der Waals surface area contributed by atoms with Crippen molar-refractivity contribution in [1.82, 2.24) is 4.90 Å². The molecule has 5 heteroatoms. The van der Waals surface area contributed by atoms with Gasteiger partial charge in [-0.25, -0.2) is 0 Å². The standard InChI is InChI=1S/C25H25N2.2ClH.Ti/c1-27(2)18-19-12-13-21(16-19)24-15-14-20-8-6-7-11-23(20)25(24)17-26-22-9-4-3-5-10-22;;;/h3-12,14-16H,13,17-18H2,1-2H3;2*1H;/q-1;;;+3/p-2. The van der Waals surface area contributed by atoms with E-state index in [4.69, 9.17) is 0 Å². The van der Waals surface area contributed by atoms with E-state index in [2.05, 4.69) is 122 Å². The Labute approximate surface area is 204 Å². The van der Waals surface area contributed by atoms with Crippen LogP contribution in [0.1, 0.15) is 17.5 Å². The number of allylic oxidation sites excluding steroid dienone is 2. The number of para-hydroxylation sites is 1. The van der Waals surface area contributed by atoms with Crippen LogP contribution in [0.3, 0.4) is 0 Å². The zero-order valence-electron chi connectivity index (χ0n) is 17.3. The molecule has 30 heavy (non-hydrogen) atoms. The van der Waals surface area contributed by atoms with E-state index >= 15 is 0 Å². The minimum absolute atomic E-state index is 0. The molecule has 3 aromatic carbocycles. The topological polar surface area (TPSA) is 6.48 Å². The Morgan fingerprint density at radius 3 is 2.27 bits per heavy atom. The minimum Gasteiger partial charge on any atom is -1.00 e. The molecule has 1 aliphatic rings. The van der Waals surface area contributed by atoms with Crippen LogP contribution in [0.4, 0.5) is 5.69 Å². The predicted octanol–water partition coefficient (Wildman–Crippen LogP) is -0.409. The summed E-state index contributed by atoms with van der Waals surface area (Å²) in [7, 11) is 4.26. The summed E-state index contributed by atoms with van der Waals surface area (Å²) in [6.07, 6.45) is 5.77. The molecular weight excluding hydrogens is 447 g/mol.